The van der Waals surface area contributed by atoms with E-state index < -0.39 is 0 Å². The number of carbonyl (C=O) groups excluding carboxylic acids is 2. The van der Waals surface area contributed by atoms with Gasteiger partial charge >= 0.3 is 0 Å². The second-order valence-electron chi connectivity index (χ2n) is 7.26. The van der Waals surface area contributed by atoms with Gasteiger partial charge in [-0.1, -0.05) is 38.1 Å². The maximum atomic E-state index is 13.0. The molecular formula is C20H26N2O2. The van der Waals surface area contributed by atoms with Crippen LogP contribution in [0.5, 0.6) is 0 Å². The number of hydrogen-bond donors (Lipinski definition) is 0. The van der Waals surface area contributed by atoms with Gasteiger partial charge in [-0.25, -0.2) is 0 Å². The normalized spacial score (nSPS) is 19.3. The van der Waals surface area contributed by atoms with E-state index in [4.69, 9.17) is 0 Å². The third-order valence-corrected chi connectivity index (χ3v) is 4.71. The van der Waals surface area contributed by atoms with E-state index in [0.29, 0.717) is 18.4 Å². The van der Waals surface area contributed by atoms with E-state index in [2.05, 4.69) is 13.8 Å². The van der Waals surface area contributed by atoms with Crippen molar-refractivity contribution in [3.8, 4) is 0 Å². The Morgan fingerprint density at radius 1 is 1.25 bits per heavy atom. The number of fused-ring (bicyclic) bond motifs is 1. The van der Waals surface area contributed by atoms with E-state index in [9.17, 15) is 9.59 Å². The molecule has 0 N–H and O–H groups in total. The van der Waals surface area contributed by atoms with E-state index >= 15 is 0 Å². The third kappa shape index (κ3) is 3.53. The van der Waals surface area contributed by atoms with Crippen LogP contribution in [0.2, 0.25) is 0 Å². The predicted octanol–water partition coefficient (Wildman–Crippen LogP) is 3.60. The fourth-order valence-electron chi connectivity index (χ4n) is 3.43. The van der Waals surface area contributed by atoms with E-state index in [0.717, 1.165) is 30.5 Å². The smallest absolute Gasteiger partial charge is 0.225 e. The van der Waals surface area contributed by atoms with Crippen LogP contribution < -0.4 is 0 Å². The first-order valence-corrected chi connectivity index (χ1v) is 8.83. The molecule has 1 fully saturated rings. The van der Waals surface area contributed by atoms with Crippen LogP contribution >= 0.6 is 0 Å². The summed E-state index contributed by atoms with van der Waals surface area (Å²) in [5, 5.41) is 0. The van der Waals surface area contributed by atoms with Gasteiger partial charge in [0.05, 0.1) is 12.5 Å². The quantitative estimate of drug-likeness (QED) is 0.829. The number of hydrogen-bond acceptors (Lipinski definition) is 2. The summed E-state index contributed by atoms with van der Waals surface area (Å²) in [5.41, 5.74) is 2.15. The van der Waals surface area contributed by atoms with Gasteiger partial charge in [0.1, 0.15) is 0 Å². The van der Waals surface area contributed by atoms with Gasteiger partial charge in [-0.05, 0) is 36.0 Å². The molecule has 1 aromatic rings. The Labute approximate surface area is 144 Å². The van der Waals surface area contributed by atoms with Crippen molar-refractivity contribution in [2.24, 2.45) is 5.92 Å². The van der Waals surface area contributed by atoms with Crippen molar-refractivity contribution < 1.29 is 9.59 Å². The van der Waals surface area contributed by atoms with Gasteiger partial charge in [-0.15, -0.1) is 0 Å². The average molecular weight is 326 g/mol. The van der Waals surface area contributed by atoms with Crippen LogP contribution in [-0.2, 0) is 9.59 Å². The zero-order valence-electron chi connectivity index (χ0n) is 14.7. The van der Waals surface area contributed by atoms with Gasteiger partial charge in [0.25, 0.3) is 0 Å². The molecule has 0 radical (unpaired) electrons. The van der Waals surface area contributed by atoms with Gasteiger partial charge in [0.15, 0.2) is 0 Å². The minimum absolute atomic E-state index is 0.0274. The highest BCUT2D eigenvalue weighted by molar-refractivity contribution is 5.82. The first kappa shape index (κ1) is 16.7. The molecule has 0 aromatic heterocycles. The molecule has 1 atom stereocenters. The third-order valence-electron chi connectivity index (χ3n) is 4.71. The molecule has 4 heteroatoms. The summed E-state index contributed by atoms with van der Waals surface area (Å²) in [7, 11) is 0. The molecule has 2 aliphatic rings. The Kier molecular flexibility index (Phi) is 4.74. The number of carbonyl (C=O) groups is 2. The summed E-state index contributed by atoms with van der Waals surface area (Å²) in [6.07, 6.45) is 6.33. The predicted molar refractivity (Wildman–Crippen MR) is 94.9 cm³/mol. The highest BCUT2D eigenvalue weighted by Crippen LogP contribution is 2.35. The number of benzene rings is 1. The van der Waals surface area contributed by atoms with Gasteiger partial charge in [-0.2, -0.15) is 0 Å². The molecule has 1 aliphatic carbocycles. The molecule has 1 saturated carbocycles. The van der Waals surface area contributed by atoms with Crippen molar-refractivity contribution in [3.63, 3.8) is 0 Å². The highest BCUT2D eigenvalue weighted by Gasteiger charge is 2.36. The molecule has 1 aromatic carbocycles. The number of amides is 2. The van der Waals surface area contributed by atoms with Crippen LogP contribution in [-0.4, -0.2) is 34.2 Å². The molecule has 24 heavy (non-hydrogen) atoms. The Balaban J connectivity index is 1.83. The zero-order valence-corrected chi connectivity index (χ0v) is 14.7. The van der Waals surface area contributed by atoms with Crippen LogP contribution in [0.1, 0.15) is 57.2 Å². The van der Waals surface area contributed by atoms with Gasteiger partial charge in [-0.3, -0.25) is 9.59 Å². The molecule has 128 valence electrons. The number of rotatable bonds is 5. The van der Waals surface area contributed by atoms with Crippen LogP contribution in [0.25, 0.3) is 6.08 Å². The molecule has 0 saturated heterocycles. The van der Waals surface area contributed by atoms with Crippen molar-refractivity contribution in [3.05, 3.63) is 41.6 Å². The number of nitrogens with zero attached hydrogens (tertiary/aromatic N) is 2. The van der Waals surface area contributed by atoms with Crippen molar-refractivity contribution in [2.75, 3.05) is 6.54 Å². The summed E-state index contributed by atoms with van der Waals surface area (Å²) in [4.78, 5) is 28.7. The Morgan fingerprint density at radius 3 is 2.58 bits per heavy atom. The van der Waals surface area contributed by atoms with E-state index in [-0.39, 0.29) is 17.9 Å². The lowest BCUT2D eigenvalue weighted by molar-refractivity contribution is -0.135. The second kappa shape index (κ2) is 6.80. The summed E-state index contributed by atoms with van der Waals surface area (Å²) in [6.45, 7) is 6.64. The van der Waals surface area contributed by atoms with Crippen LogP contribution in [0.15, 0.2) is 30.5 Å². The largest absolute Gasteiger partial charge is 0.339 e. The molecule has 1 heterocycles. The Bertz CT molecular complexity index is 661. The van der Waals surface area contributed by atoms with Crippen molar-refractivity contribution in [1.82, 2.24) is 9.80 Å². The lowest BCUT2D eigenvalue weighted by Gasteiger charge is -2.34. The minimum atomic E-state index is -0.204. The van der Waals surface area contributed by atoms with E-state index in [1.807, 2.05) is 41.4 Å². The SMILES string of the molecule is CC(=O)N1C=Cc2ccccc2C1CC(=O)N(CC(C)C)C1CC1. The Morgan fingerprint density at radius 2 is 1.96 bits per heavy atom. The summed E-state index contributed by atoms with van der Waals surface area (Å²) in [6, 6.07) is 8.22. The van der Waals surface area contributed by atoms with Crippen LogP contribution in [0.4, 0.5) is 0 Å². The summed E-state index contributed by atoms with van der Waals surface area (Å²) < 4.78 is 0. The molecule has 1 aliphatic heterocycles. The molecular weight excluding hydrogens is 300 g/mol. The molecule has 2 amide bonds. The fraction of sp³-hybridized carbons (Fsp3) is 0.500. The fourth-order valence-corrected chi connectivity index (χ4v) is 3.43. The van der Waals surface area contributed by atoms with Crippen LogP contribution in [0.3, 0.4) is 0 Å². The Hall–Kier alpha value is -2.10. The minimum Gasteiger partial charge on any atom is -0.339 e. The maximum absolute atomic E-state index is 13.0. The molecule has 3 rings (SSSR count). The molecule has 0 spiro atoms. The first-order chi connectivity index (χ1) is 11.5. The zero-order chi connectivity index (χ0) is 17.3. The maximum Gasteiger partial charge on any atom is 0.225 e. The van der Waals surface area contributed by atoms with Gasteiger partial charge in [0, 0.05) is 25.7 Å². The van der Waals surface area contributed by atoms with Crippen molar-refractivity contribution in [1.29, 1.82) is 0 Å². The lowest BCUT2D eigenvalue weighted by atomic mass is 9.93. The van der Waals surface area contributed by atoms with Crippen LogP contribution in [0, 0.1) is 5.92 Å². The first-order valence-electron chi connectivity index (χ1n) is 8.83. The van der Waals surface area contributed by atoms with Crippen molar-refractivity contribution >= 4 is 17.9 Å². The monoisotopic (exact) mass is 326 g/mol. The highest BCUT2D eigenvalue weighted by atomic mass is 16.2. The van der Waals surface area contributed by atoms with Gasteiger partial charge in [0.2, 0.25) is 11.8 Å². The summed E-state index contributed by atoms with van der Waals surface area (Å²) >= 11 is 0. The van der Waals surface area contributed by atoms with E-state index in [1.54, 1.807) is 11.8 Å². The summed E-state index contributed by atoms with van der Waals surface area (Å²) in [5.74, 6) is 0.588. The lowest BCUT2D eigenvalue weighted by Crippen LogP contribution is -2.40. The van der Waals surface area contributed by atoms with Crippen molar-refractivity contribution in [2.45, 2.75) is 52.1 Å². The molecule has 4 nitrogen and oxygen atoms in total. The topological polar surface area (TPSA) is 40.6 Å². The molecule has 0 bridgehead atoms. The van der Waals surface area contributed by atoms with Gasteiger partial charge < -0.3 is 9.80 Å². The van der Waals surface area contributed by atoms with E-state index in [1.165, 1.54) is 0 Å². The second-order valence-corrected chi connectivity index (χ2v) is 7.26. The molecule has 1 unspecified atom stereocenters. The standard InChI is InChI=1S/C20H26N2O2/c1-14(2)13-22(17-8-9-17)20(24)12-19-18-7-5-4-6-16(18)10-11-21(19)15(3)23/h4-7,10-11,14,17,19H,8-9,12-13H2,1-3H3. The average Bonchev–Trinajstić information content (AvgIpc) is 3.37.